The van der Waals surface area contributed by atoms with Crippen molar-refractivity contribution in [1.29, 1.82) is 0 Å². The number of amides is 1. The zero-order valence-corrected chi connectivity index (χ0v) is 15.0. The highest BCUT2D eigenvalue weighted by Gasteiger charge is 2.23. The van der Waals surface area contributed by atoms with Crippen LogP contribution >= 0.6 is 23.2 Å². The number of anilines is 1. The minimum atomic E-state index is -4.09. The Kier molecular flexibility index (Phi) is 5.73. The van der Waals surface area contributed by atoms with Crippen LogP contribution in [0.4, 0.5) is 5.69 Å². The maximum Gasteiger partial charge on any atom is 0.375 e. The Balaban J connectivity index is 2.04. The lowest BCUT2D eigenvalue weighted by atomic mass is 10.3. The summed E-state index contributed by atoms with van der Waals surface area (Å²) in [7, 11) is -4.09. The molecule has 134 valence electrons. The third kappa shape index (κ3) is 4.73. The van der Waals surface area contributed by atoms with Crippen molar-refractivity contribution < 1.29 is 27.2 Å². The van der Waals surface area contributed by atoms with Crippen LogP contribution < -0.4 is 10.5 Å². The van der Waals surface area contributed by atoms with Gasteiger partial charge in [-0.05, 0) is 31.2 Å². The van der Waals surface area contributed by atoms with Gasteiger partial charge in [-0.1, -0.05) is 29.3 Å². The number of benzene rings is 1. The molecule has 0 radical (unpaired) electrons. The quantitative estimate of drug-likeness (QED) is 0.733. The summed E-state index contributed by atoms with van der Waals surface area (Å²) >= 11 is 11.8. The van der Waals surface area contributed by atoms with Gasteiger partial charge in [0.05, 0.1) is 15.7 Å². The van der Waals surface area contributed by atoms with Crippen LogP contribution in [0.2, 0.25) is 10.0 Å². The number of rotatable bonds is 5. The fourth-order valence-electron chi connectivity index (χ4n) is 1.69. The Labute approximate surface area is 152 Å². The molecule has 0 spiro atoms. The summed E-state index contributed by atoms with van der Waals surface area (Å²) in [6.45, 7) is 1.31. The Morgan fingerprint density at radius 1 is 1.24 bits per heavy atom. The number of halogens is 2. The van der Waals surface area contributed by atoms with Crippen molar-refractivity contribution >= 4 is 50.8 Å². The summed E-state index contributed by atoms with van der Waals surface area (Å²) in [5.41, 5.74) is 0.247. The minimum absolute atomic E-state index is 0.139. The molecule has 0 aliphatic heterocycles. The summed E-state index contributed by atoms with van der Waals surface area (Å²) in [5, 5.41) is 7.12. The van der Waals surface area contributed by atoms with Crippen LogP contribution in [0.15, 0.2) is 39.8 Å². The average molecular weight is 407 g/mol. The van der Waals surface area contributed by atoms with E-state index in [1.165, 1.54) is 13.0 Å². The summed E-state index contributed by atoms with van der Waals surface area (Å²) in [4.78, 5) is 24.0. The Hall–Kier alpha value is -2.07. The summed E-state index contributed by atoms with van der Waals surface area (Å²) in [5.74, 6) is -2.12. The van der Waals surface area contributed by atoms with Gasteiger partial charge in [0.25, 0.3) is 15.9 Å². The SMILES string of the molecule is CC(OC(=O)c1ccc(S(N)(=O)=O)o1)C(=O)Nc1cccc(Cl)c1Cl. The van der Waals surface area contributed by atoms with Gasteiger partial charge in [0.1, 0.15) is 0 Å². The number of nitrogens with two attached hydrogens (primary N) is 1. The van der Waals surface area contributed by atoms with E-state index in [0.717, 1.165) is 12.1 Å². The summed E-state index contributed by atoms with van der Waals surface area (Å²) in [6, 6.07) is 6.72. The molecule has 11 heteroatoms. The van der Waals surface area contributed by atoms with Gasteiger partial charge in [-0.2, -0.15) is 0 Å². The molecule has 2 aromatic rings. The average Bonchev–Trinajstić information content (AvgIpc) is 3.02. The maximum absolute atomic E-state index is 12.1. The maximum atomic E-state index is 12.1. The molecule has 8 nitrogen and oxygen atoms in total. The van der Waals surface area contributed by atoms with Crippen LogP contribution in [0.3, 0.4) is 0 Å². The molecule has 1 aromatic carbocycles. The first-order chi connectivity index (χ1) is 11.6. The van der Waals surface area contributed by atoms with Gasteiger partial charge in [-0.3, -0.25) is 4.79 Å². The van der Waals surface area contributed by atoms with E-state index in [-0.39, 0.29) is 15.7 Å². The van der Waals surface area contributed by atoms with Gasteiger partial charge >= 0.3 is 5.97 Å². The number of primary sulfonamides is 1. The van der Waals surface area contributed by atoms with E-state index >= 15 is 0 Å². The second-order valence-electron chi connectivity index (χ2n) is 4.80. The number of carbonyl (C=O) groups excluding carboxylic acids is 2. The van der Waals surface area contributed by atoms with Crippen molar-refractivity contribution in [3.8, 4) is 0 Å². The van der Waals surface area contributed by atoms with Crippen molar-refractivity contribution in [1.82, 2.24) is 0 Å². The van der Waals surface area contributed by atoms with Gasteiger partial charge in [-0.15, -0.1) is 0 Å². The van der Waals surface area contributed by atoms with Crippen LogP contribution in [0.25, 0.3) is 0 Å². The molecule has 0 bridgehead atoms. The van der Waals surface area contributed by atoms with E-state index in [1.807, 2.05) is 0 Å². The topological polar surface area (TPSA) is 129 Å². The van der Waals surface area contributed by atoms with Gasteiger partial charge in [-0.25, -0.2) is 18.4 Å². The number of hydrogen-bond donors (Lipinski definition) is 2. The number of sulfonamides is 1. The normalized spacial score (nSPS) is 12.5. The standard InChI is InChI=1S/C14H12Cl2N2O6S/c1-7(13(19)18-9-4-2-3-8(15)12(9)16)23-14(20)10-5-6-11(24-10)25(17,21)22/h2-7H,1H3,(H,18,19)(H2,17,21,22). The van der Waals surface area contributed by atoms with Crippen molar-refractivity contribution in [2.24, 2.45) is 5.14 Å². The van der Waals surface area contributed by atoms with Gasteiger partial charge < -0.3 is 14.5 Å². The fourth-order valence-corrected chi connectivity index (χ4v) is 2.50. The van der Waals surface area contributed by atoms with Crippen LogP contribution in [-0.4, -0.2) is 26.4 Å². The Morgan fingerprint density at radius 2 is 1.92 bits per heavy atom. The predicted molar refractivity (Wildman–Crippen MR) is 90.1 cm³/mol. The second-order valence-corrected chi connectivity index (χ2v) is 7.08. The number of furan rings is 1. The number of esters is 1. The smallest absolute Gasteiger partial charge is 0.375 e. The molecule has 1 heterocycles. The van der Waals surface area contributed by atoms with Crippen LogP contribution in [0, 0.1) is 0 Å². The highest BCUT2D eigenvalue weighted by molar-refractivity contribution is 7.89. The second kappa shape index (κ2) is 7.44. The molecule has 0 saturated carbocycles. The third-order valence-corrected chi connectivity index (χ3v) is 4.52. The zero-order valence-electron chi connectivity index (χ0n) is 12.7. The van der Waals surface area contributed by atoms with Gasteiger partial charge in [0, 0.05) is 0 Å². The van der Waals surface area contributed by atoms with Crippen molar-refractivity contribution in [2.45, 2.75) is 18.1 Å². The number of hydrogen-bond acceptors (Lipinski definition) is 6. The molecular weight excluding hydrogens is 395 g/mol. The molecule has 1 aromatic heterocycles. The molecule has 25 heavy (non-hydrogen) atoms. The molecule has 0 fully saturated rings. The third-order valence-electron chi connectivity index (χ3n) is 2.93. The summed E-state index contributed by atoms with van der Waals surface area (Å²) in [6.07, 6.45) is -1.22. The highest BCUT2D eigenvalue weighted by Crippen LogP contribution is 2.29. The lowest BCUT2D eigenvalue weighted by Crippen LogP contribution is -2.30. The lowest BCUT2D eigenvalue weighted by Gasteiger charge is -2.13. The molecule has 0 saturated heterocycles. The summed E-state index contributed by atoms with van der Waals surface area (Å²) < 4.78 is 31.9. The number of nitrogens with one attached hydrogen (secondary N) is 1. The first-order valence-electron chi connectivity index (χ1n) is 6.68. The van der Waals surface area contributed by atoms with Crippen LogP contribution in [-0.2, 0) is 19.6 Å². The van der Waals surface area contributed by atoms with E-state index in [1.54, 1.807) is 12.1 Å². The van der Waals surface area contributed by atoms with Gasteiger partial charge in [0.2, 0.25) is 10.9 Å². The van der Waals surface area contributed by atoms with E-state index in [9.17, 15) is 18.0 Å². The first-order valence-corrected chi connectivity index (χ1v) is 8.98. The number of carbonyl (C=O) groups is 2. The van der Waals surface area contributed by atoms with Crippen LogP contribution in [0.1, 0.15) is 17.5 Å². The predicted octanol–water partition coefficient (Wildman–Crippen LogP) is 2.42. The van der Waals surface area contributed by atoms with E-state index in [4.69, 9.17) is 37.5 Å². The molecule has 0 aliphatic carbocycles. The number of ether oxygens (including phenoxy) is 1. The molecule has 1 amide bonds. The Bertz CT molecular complexity index is 925. The fraction of sp³-hybridized carbons (Fsp3) is 0.143. The molecule has 0 aliphatic rings. The molecular formula is C14H12Cl2N2O6S. The van der Waals surface area contributed by atoms with Crippen molar-refractivity contribution in [3.05, 3.63) is 46.1 Å². The Morgan fingerprint density at radius 3 is 2.52 bits per heavy atom. The molecule has 2 rings (SSSR count). The molecule has 1 atom stereocenters. The van der Waals surface area contributed by atoms with E-state index in [0.29, 0.717) is 0 Å². The lowest BCUT2D eigenvalue weighted by molar-refractivity contribution is -0.123. The van der Waals surface area contributed by atoms with Crippen LogP contribution in [0.5, 0.6) is 0 Å². The highest BCUT2D eigenvalue weighted by atomic mass is 35.5. The zero-order chi connectivity index (χ0) is 18.8. The largest absolute Gasteiger partial charge is 0.447 e. The molecule has 1 unspecified atom stereocenters. The first kappa shape index (κ1) is 19.3. The van der Waals surface area contributed by atoms with Gasteiger partial charge in [0.15, 0.2) is 6.10 Å². The van der Waals surface area contributed by atoms with E-state index in [2.05, 4.69) is 5.32 Å². The molecule has 3 N–H and O–H groups in total. The van der Waals surface area contributed by atoms with Crippen molar-refractivity contribution in [3.63, 3.8) is 0 Å². The minimum Gasteiger partial charge on any atom is -0.447 e. The monoisotopic (exact) mass is 406 g/mol. The van der Waals surface area contributed by atoms with E-state index < -0.39 is 38.9 Å². The van der Waals surface area contributed by atoms with Crippen molar-refractivity contribution in [2.75, 3.05) is 5.32 Å².